The third kappa shape index (κ3) is 2.97. The predicted octanol–water partition coefficient (Wildman–Crippen LogP) is 2.44. The summed E-state index contributed by atoms with van der Waals surface area (Å²) in [6.07, 6.45) is 4.61. The van der Waals surface area contributed by atoms with E-state index in [-0.39, 0.29) is 12.1 Å². The second-order valence-corrected chi connectivity index (χ2v) is 6.02. The van der Waals surface area contributed by atoms with Crippen LogP contribution in [0, 0.1) is 0 Å². The van der Waals surface area contributed by atoms with Crippen molar-refractivity contribution in [2.45, 2.75) is 43.8 Å². The molecule has 0 aromatic heterocycles. The van der Waals surface area contributed by atoms with Gasteiger partial charge in [0, 0.05) is 18.1 Å². The van der Waals surface area contributed by atoms with Crippen LogP contribution in [0.1, 0.15) is 25.7 Å². The van der Waals surface area contributed by atoms with E-state index in [1.807, 2.05) is 24.3 Å². The first-order chi connectivity index (χ1) is 10.2. The lowest BCUT2D eigenvalue weighted by Crippen LogP contribution is -2.49. The molecule has 2 bridgehead atoms. The number of fused-ring (bicyclic) bond motifs is 2. The highest BCUT2D eigenvalue weighted by Gasteiger charge is 2.38. The lowest BCUT2D eigenvalue weighted by atomic mass is 9.98. The standard InChI is InChI=1S/C16H23N3O2/c1-19-12-7-8-13(19)10-11(9-12)17-16(20)18-14-5-3-4-6-15(14)21-2/h3-6,11-13H,7-10H2,1-2H3,(H2,17,18,20)/t11?,12-,13+. The molecule has 0 radical (unpaired) electrons. The van der Waals surface area contributed by atoms with E-state index in [0.717, 1.165) is 12.8 Å². The summed E-state index contributed by atoms with van der Waals surface area (Å²) in [6, 6.07) is 8.83. The Labute approximate surface area is 125 Å². The molecular formula is C16H23N3O2. The van der Waals surface area contributed by atoms with Crippen LogP contribution < -0.4 is 15.4 Å². The number of carbonyl (C=O) groups excluding carboxylic acids is 1. The Morgan fingerprint density at radius 2 is 1.90 bits per heavy atom. The Morgan fingerprint density at radius 1 is 1.24 bits per heavy atom. The molecule has 2 aliphatic heterocycles. The zero-order valence-electron chi connectivity index (χ0n) is 12.6. The number of nitrogens with zero attached hydrogens (tertiary/aromatic N) is 1. The number of carbonyl (C=O) groups is 1. The first-order valence-corrected chi connectivity index (χ1v) is 7.60. The second-order valence-electron chi connectivity index (χ2n) is 6.02. The van der Waals surface area contributed by atoms with Gasteiger partial charge in [-0.25, -0.2) is 4.79 Å². The highest BCUT2D eigenvalue weighted by atomic mass is 16.5. The fourth-order valence-electron chi connectivity index (χ4n) is 3.62. The largest absolute Gasteiger partial charge is 0.495 e. The van der Waals surface area contributed by atoms with Crippen LogP contribution in [-0.4, -0.2) is 43.2 Å². The average molecular weight is 289 g/mol. The molecule has 2 saturated heterocycles. The van der Waals surface area contributed by atoms with Crippen LogP contribution in [0.5, 0.6) is 5.75 Å². The van der Waals surface area contributed by atoms with Gasteiger partial charge in [0.15, 0.2) is 0 Å². The van der Waals surface area contributed by atoms with Crippen molar-refractivity contribution < 1.29 is 9.53 Å². The normalized spacial score (nSPS) is 28.2. The van der Waals surface area contributed by atoms with E-state index < -0.39 is 0 Å². The summed E-state index contributed by atoms with van der Waals surface area (Å²) in [4.78, 5) is 14.6. The summed E-state index contributed by atoms with van der Waals surface area (Å²) in [5, 5.41) is 5.99. The predicted molar refractivity (Wildman–Crippen MR) is 82.7 cm³/mol. The van der Waals surface area contributed by atoms with Crippen LogP contribution in [0.3, 0.4) is 0 Å². The second kappa shape index (κ2) is 5.93. The van der Waals surface area contributed by atoms with E-state index in [1.165, 1.54) is 12.8 Å². The van der Waals surface area contributed by atoms with Crippen molar-refractivity contribution in [3.63, 3.8) is 0 Å². The van der Waals surface area contributed by atoms with Gasteiger partial charge in [-0.1, -0.05) is 12.1 Å². The molecule has 2 aliphatic rings. The molecule has 5 nitrogen and oxygen atoms in total. The van der Waals surface area contributed by atoms with Crippen molar-refractivity contribution in [2.24, 2.45) is 0 Å². The molecule has 1 aromatic rings. The summed E-state index contributed by atoms with van der Waals surface area (Å²) in [7, 11) is 3.81. The topological polar surface area (TPSA) is 53.6 Å². The lowest BCUT2D eigenvalue weighted by Gasteiger charge is -2.36. The molecule has 1 unspecified atom stereocenters. The number of amides is 2. The maximum atomic E-state index is 12.2. The van der Waals surface area contributed by atoms with Crippen LogP contribution in [0.25, 0.3) is 0 Å². The molecule has 0 saturated carbocycles. The van der Waals surface area contributed by atoms with Gasteiger partial charge in [-0.2, -0.15) is 0 Å². The van der Waals surface area contributed by atoms with Crippen molar-refractivity contribution in [1.82, 2.24) is 10.2 Å². The van der Waals surface area contributed by atoms with E-state index in [2.05, 4.69) is 22.6 Å². The van der Waals surface area contributed by atoms with Gasteiger partial charge in [0.05, 0.1) is 12.8 Å². The minimum absolute atomic E-state index is 0.145. The molecule has 2 N–H and O–H groups in total. The van der Waals surface area contributed by atoms with Gasteiger partial charge >= 0.3 is 6.03 Å². The monoisotopic (exact) mass is 289 g/mol. The highest BCUT2D eigenvalue weighted by molar-refractivity contribution is 5.91. The Kier molecular flexibility index (Phi) is 4.01. The minimum atomic E-state index is -0.145. The van der Waals surface area contributed by atoms with Gasteiger partial charge in [0.2, 0.25) is 0 Å². The molecule has 114 valence electrons. The van der Waals surface area contributed by atoms with Crippen LogP contribution in [0.2, 0.25) is 0 Å². The van der Waals surface area contributed by atoms with E-state index in [0.29, 0.717) is 23.5 Å². The van der Waals surface area contributed by atoms with E-state index in [4.69, 9.17) is 4.74 Å². The number of hydrogen-bond donors (Lipinski definition) is 2. The van der Waals surface area contributed by atoms with Crippen LogP contribution in [0.4, 0.5) is 10.5 Å². The first-order valence-electron chi connectivity index (χ1n) is 7.60. The number of urea groups is 1. The molecule has 2 heterocycles. The molecule has 5 heteroatoms. The quantitative estimate of drug-likeness (QED) is 0.898. The van der Waals surface area contributed by atoms with Gasteiger partial charge in [-0.05, 0) is 44.9 Å². The number of ether oxygens (including phenoxy) is 1. The molecule has 21 heavy (non-hydrogen) atoms. The van der Waals surface area contributed by atoms with E-state index in [1.54, 1.807) is 7.11 Å². The Hall–Kier alpha value is -1.75. The fourth-order valence-corrected chi connectivity index (χ4v) is 3.62. The maximum Gasteiger partial charge on any atom is 0.319 e. The summed E-state index contributed by atoms with van der Waals surface area (Å²) in [6.45, 7) is 0. The first kappa shape index (κ1) is 14.2. The van der Waals surface area contributed by atoms with Crippen molar-refractivity contribution in [3.8, 4) is 5.75 Å². The lowest BCUT2D eigenvalue weighted by molar-refractivity contribution is 0.151. The van der Waals surface area contributed by atoms with Gasteiger partial charge < -0.3 is 20.3 Å². The number of hydrogen-bond acceptors (Lipinski definition) is 3. The molecule has 2 fully saturated rings. The maximum absolute atomic E-state index is 12.2. The number of piperidine rings is 1. The van der Waals surface area contributed by atoms with Crippen LogP contribution in [0.15, 0.2) is 24.3 Å². The number of benzene rings is 1. The van der Waals surface area contributed by atoms with Gasteiger partial charge in [0.1, 0.15) is 5.75 Å². The summed E-state index contributed by atoms with van der Waals surface area (Å²) in [5.41, 5.74) is 0.702. The van der Waals surface area contributed by atoms with Crippen LogP contribution in [-0.2, 0) is 0 Å². The molecule has 0 aliphatic carbocycles. The molecule has 2 amide bonds. The SMILES string of the molecule is COc1ccccc1NC(=O)NC1C[C@H]2CC[C@@H](C1)N2C. The molecule has 3 rings (SSSR count). The number of methoxy groups -OCH3 is 1. The van der Waals surface area contributed by atoms with Crippen LogP contribution >= 0.6 is 0 Å². The average Bonchev–Trinajstić information content (AvgIpc) is 2.70. The molecule has 3 atom stereocenters. The summed E-state index contributed by atoms with van der Waals surface area (Å²) >= 11 is 0. The number of rotatable bonds is 3. The third-order valence-corrected chi connectivity index (χ3v) is 4.79. The van der Waals surface area contributed by atoms with Gasteiger partial charge in [0.25, 0.3) is 0 Å². The van der Waals surface area contributed by atoms with Gasteiger partial charge in [-0.3, -0.25) is 0 Å². The van der Waals surface area contributed by atoms with Crippen molar-refractivity contribution in [2.75, 3.05) is 19.5 Å². The summed E-state index contributed by atoms with van der Waals surface area (Å²) < 4.78 is 5.25. The molecular weight excluding hydrogens is 266 g/mol. The molecule has 0 spiro atoms. The van der Waals surface area contributed by atoms with E-state index in [9.17, 15) is 4.79 Å². The Morgan fingerprint density at radius 3 is 2.57 bits per heavy atom. The summed E-state index contributed by atoms with van der Waals surface area (Å²) in [5.74, 6) is 0.677. The number of para-hydroxylation sites is 2. The number of nitrogens with one attached hydrogen (secondary N) is 2. The minimum Gasteiger partial charge on any atom is -0.495 e. The fraction of sp³-hybridized carbons (Fsp3) is 0.562. The zero-order valence-corrected chi connectivity index (χ0v) is 12.6. The zero-order chi connectivity index (χ0) is 14.8. The third-order valence-electron chi connectivity index (χ3n) is 4.79. The Bertz CT molecular complexity index is 506. The van der Waals surface area contributed by atoms with Crippen molar-refractivity contribution in [3.05, 3.63) is 24.3 Å². The Balaban J connectivity index is 1.57. The van der Waals surface area contributed by atoms with Gasteiger partial charge in [-0.15, -0.1) is 0 Å². The van der Waals surface area contributed by atoms with Crippen molar-refractivity contribution >= 4 is 11.7 Å². The number of anilines is 1. The smallest absolute Gasteiger partial charge is 0.319 e. The molecule has 1 aromatic carbocycles. The highest BCUT2D eigenvalue weighted by Crippen LogP contribution is 2.34. The van der Waals surface area contributed by atoms with Crippen molar-refractivity contribution in [1.29, 1.82) is 0 Å². The van der Waals surface area contributed by atoms with E-state index >= 15 is 0 Å².